The van der Waals surface area contributed by atoms with E-state index in [4.69, 9.17) is 0 Å². The molecule has 1 N–H and O–H groups in total. The minimum absolute atomic E-state index is 0.00384. The summed E-state index contributed by atoms with van der Waals surface area (Å²) in [6, 6.07) is 2.74. The smallest absolute Gasteiger partial charge is 0.150 e. The minimum Gasteiger partial charge on any atom is -0.377 e. The Kier molecular flexibility index (Phi) is 4.25. The highest BCUT2D eigenvalue weighted by atomic mass is 79.9. The third-order valence-corrected chi connectivity index (χ3v) is 4.25. The van der Waals surface area contributed by atoms with E-state index in [9.17, 15) is 8.78 Å². The summed E-state index contributed by atoms with van der Waals surface area (Å²) in [6.07, 6.45) is 3.28. The number of anilines is 1. The molecule has 0 saturated heterocycles. The van der Waals surface area contributed by atoms with Crippen LogP contribution in [-0.4, -0.2) is 6.04 Å². The Labute approximate surface area is 115 Å². The van der Waals surface area contributed by atoms with Crippen LogP contribution in [0.3, 0.4) is 0 Å². The van der Waals surface area contributed by atoms with Crippen molar-refractivity contribution in [3.8, 4) is 0 Å². The second-order valence-electron chi connectivity index (χ2n) is 5.39. The van der Waals surface area contributed by atoms with E-state index in [1.165, 1.54) is 18.6 Å². The molecule has 4 heteroatoms. The van der Waals surface area contributed by atoms with Crippen LogP contribution in [0.5, 0.6) is 0 Å². The molecule has 1 aromatic carbocycles. The topological polar surface area (TPSA) is 12.0 Å². The quantitative estimate of drug-likeness (QED) is 0.812. The molecule has 3 unspecified atom stereocenters. The van der Waals surface area contributed by atoms with Gasteiger partial charge in [0.05, 0.1) is 0 Å². The van der Waals surface area contributed by atoms with Crippen LogP contribution in [0.2, 0.25) is 0 Å². The Bertz CT molecular complexity index is 413. The van der Waals surface area contributed by atoms with Crippen molar-refractivity contribution >= 4 is 21.6 Å². The Hall–Kier alpha value is -0.640. The normalized spacial score (nSPS) is 28.2. The number of hydrogen-bond acceptors (Lipinski definition) is 1. The summed E-state index contributed by atoms with van der Waals surface area (Å²) < 4.78 is 27.9. The van der Waals surface area contributed by atoms with Crippen molar-refractivity contribution in [2.75, 3.05) is 5.32 Å². The number of benzene rings is 1. The molecule has 1 fully saturated rings. The first kappa shape index (κ1) is 13.8. The first-order chi connectivity index (χ1) is 8.47. The summed E-state index contributed by atoms with van der Waals surface area (Å²) in [6.45, 7) is 4.33. The molecule has 100 valence electrons. The van der Waals surface area contributed by atoms with Crippen LogP contribution in [0.15, 0.2) is 16.6 Å². The van der Waals surface area contributed by atoms with Crippen LogP contribution < -0.4 is 5.32 Å². The molecule has 0 radical (unpaired) electrons. The zero-order chi connectivity index (χ0) is 13.3. The van der Waals surface area contributed by atoms with Gasteiger partial charge in [-0.2, -0.15) is 0 Å². The largest absolute Gasteiger partial charge is 0.377 e. The van der Waals surface area contributed by atoms with E-state index in [0.29, 0.717) is 16.3 Å². The average Bonchev–Trinajstić information content (AvgIpc) is 2.28. The van der Waals surface area contributed by atoms with Crippen LogP contribution in [0, 0.1) is 23.5 Å². The van der Waals surface area contributed by atoms with Crippen LogP contribution in [0.4, 0.5) is 14.5 Å². The lowest BCUT2D eigenvalue weighted by molar-refractivity contribution is 0.279. The average molecular weight is 318 g/mol. The van der Waals surface area contributed by atoms with Gasteiger partial charge in [-0.1, -0.05) is 36.2 Å². The second kappa shape index (κ2) is 5.55. The fourth-order valence-corrected chi connectivity index (χ4v) is 3.00. The highest BCUT2D eigenvalue weighted by Crippen LogP contribution is 2.32. The fourth-order valence-electron chi connectivity index (χ4n) is 2.60. The summed E-state index contributed by atoms with van der Waals surface area (Å²) in [5.74, 6) is -0.0106. The van der Waals surface area contributed by atoms with Crippen molar-refractivity contribution in [3.05, 3.63) is 28.2 Å². The molecule has 1 aliphatic rings. The van der Waals surface area contributed by atoms with Crippen LogP contribution in [-0.2, 0) is 0 Å². The number of rotatable bonds is 2. The van der Waals surface area contributed by atoms with E-state index in [0.717, 1.165) is 12.8 Å². The van der Waals surface area contributed by atoms with Gasteiger partial charge in [0, 0.05) is 10.5 Å². The zero-order valence-corrected chi connectivity index (χ0v) is 12.2. The van der Waals surface area contributed by atoms with Gasteiger partial charge in [-0.05, 0) is 36.8 Å². The summed E-state index contributed by atoms with van der Waals surface area (Å²) in [5, 5.41) is 3.05. The van der Waals surface area contributed by atoms with Gasteiger partial charge in [0.25, 0.3) is 0 Å². The van der Waals surface area contributed by atoms with Gasteiger partial charge in [0.1, 0.15) is 17.3 Å². The summed E-state index contributed by atoms with van der Waals surface area (Å²) >= 11 is 3.09. The summed E-state index contributed by atoms with van der Waals surface area (Å²) in [7, 11) is 0. The van der Waals surface area contributed by atoms with Crippen molar-refractivity contribution in [2.45, 2.75) is 39.2 Å². The zero-order valence-electron chi connectivity index (χ0n) is 10.6. The van der Waals surface area contributed by atoms with Crippen LogP contribution >= 0.6 is 15.9 Å². The van der Waals surface area contributed by atoms with Crippen molar-refractivity contribution < 1.29 is 8.78 Å². The highest BCUT2D eigenvalue weighted by Gasteiger charge is 2.26. The maximum atomic E-state index is 13.8. The second-order valence-corrected chi connectivity index (χ2v) is 6.31. The molecule has 0 heterocycles. The Morgan fingerprint density at radius 1 is 1.17 bits per heavy atom. The molecular formula is C14H18BrF2N. The van der Waals surface area contributed by atoms with Crippen molar-refractivity contribution in [1.82, 2.24) is 0 Å². The molecule has 1 aliphatic carbocycles. The van der Waals surface area contributed by atoms with E-state index in [1.807, 2.05) is 0 Å². The molecule has 1 nitrogen and oxygen atoms in total. The first-order valence-electron chi connectivity index (χ1n) is 6.38. The number of halogens is 3. The number of hydrogen-bond donors (Lipinski definition) is 1. The predicted molar refractivity (Wildman–Crippen MR) is 73.6 cm³/mol. The third kappa shape index (κ3) is 3.02. The Balaban J connectivity index is 2.18. The van der Waals surface area contributed by atoms with Gasteiger partial charge >= 0.3 is 0 Å². The van der Waals surface area contributed by atoms with Crippen molar-refractivity contribution in [2.24, 2.45) is 11.8 Å². The van der Waals surface area contributed by atoms with Crippen molar-refractivity contribution in [1.29, 1.82) is 0 Å². The molecule has 0 amide bonds. The molecule has 0 aromatic heterocycles. The minimum atomic E-state index is -0.535. The molecule has 0 spiro atoms. The Morgan fingerprint density at radius 2 is 1.78 bits per heavy atom. The monoisotopic (exact) mass is 317 g/mol. The molecule has 18 heavy (non-hydrogen) atoms. The highest BCUT2D eigenvalue weighted by molar-refractivity contribution is 9.10. The summed E-state index contributed by atoms with van der Waals surface area (Å²) in [5.41, 5.74) is 0.00384. The third-order valence-electron chi connectivity index (χ3n) is 3.79. The lowest BCUT2D eigenvalue weighted by Gasteiger charge is -2.34. The standard InChI is InChI=1S/C14H18BrF2N/c1-8-3-4-9(2)13(5-8)18-14-11(16)6-10(15)7-12(14)17/h6-9,13,18H,3-5H2,1-2H3. The first-order valence-corrected chi connectivity index (χ1v) is 7.17. The summed E-state index contributed by atoms with van der Waals surface area (Å²) in [4.78, 5) is 0. The molecule has 1 aromatic rings. The molecule has 3 atom stereocenters. The molecule has 0 bridgehead atoms. The fraction of sp³-hybridized carbons (Fsp3) is 0.571. The van der Waals surface area contributed by atoms with Crippen molar-refractivity contribution in [3.63, 3.8) is 0 Å². The van der Waals surface area contributed by atoms with Crippen LogP contribution in [0.25, 0.3) is 0 Å². The molecule has 1 saturated carbocycles. The lowest BCUT2D eigenvalue weighted by atomic mass is 9.80. The van der Waals surface area contributed by atoms with E-state index in [1.54, 1.807) is 0 Å². The molecule has 0 aliphatic heterocycles. The van der Waals surface area contributed by atoms with E-state index in [2.05, 4.69) is 35.1 Å². The van der Waals surface area contributed by atoms with Gasteiger partial charge in [-0.25, -0.2) is 8.78 Å². The van der Waals surface area contributed by atoms with Crippen LogP contribution in [0.1, 0.15) is 33.1 Å². The SMILES string of the molecule is CC1CCC(C)C(Nc2c(F)cc(Br)cc2F)C1. The van der Waals surface area contributed by atoms with Gasteiger partial charge in [0.2, 0.25) is 0 Å². The van der Waals surface area contributed by atoms with E-state index in [-0.39, 0.29) is 11.7 Å². The maximum Gasteiger partial charge on any atom is 0.150 e. The van der Waals surface area contributed by atoms with Gasteiger partial charge in [0.15, 0.2) is 0 Å². The molecule has 2 rings (SSSR count). The van der Waals surface area contributed by atoms with E-state index < -0.39 is 11.6 Å². The predicted octanol–water partition coefficient (Wildman–Crippen LogP) is 4.96. The van der Waals surface area contributed by atoms with Gasteiger partial charge < -0.3 is 5.32 Å². The molecular weight excluding hydrogens is 300 g/mol. The Morgan fingerprint density at radius 3 is 2.39 bits per heavy atom. The maximum absolute atomic E-state index is 13.8. The van der Waals surface area contributed by atoms with E-state index >= 15 is 0 Å². The van der Waals surface area contributed by atoms with Gasteiger partial charge in [-0.15, -0.1) is 0 Å². The number of nitrogens with one attached hydrogen (secondary N) is 1. The van der Waals surface area contributed by atoms with Gasteiger partial charge in [-0.3, -0.25) is 0 Å². The lowest BCUT2D eigenvalue weighted by Crippen LogP contribution is -2.34.